The first-order valence-corrected chi connectivity index (χ1v) is 9.91. The summed E-state index contributed by atoms with van der Waals surface area (Å²) >= 11 is 5.79. The van der Waals surface area contributed by atoms with Crippen LogP contribution in [0.2, 0.25) is 5.02 Å². The normalized spacial score (nSPS) is 11.0. The Hall–Kier alpha value is -2.83. The van der Waals surface area contributed by atoms with Crippen molar-refractivity contribution in [1.29, 1.82) is 0 Å². The second kappa shape index (κ2) is 8.24. The van der Waals surface area contributed by atoms with E-state index in [0.29, 0.717) is 22.1 Å². The molecule has 0 heterocycles. The molecule has 0 bridgehead atoms. The second-order valence-electron chi connectivity index (χ2n) is 5.72. The van der Waals surface area contributed by atoms with E-state index >= 15 is 0 Å². The molecule has 3 aromatic carbocycles. The highest BCUT2D eigenvalue weighted by Crippen LogP contribution is 2.22. The molecule has 7 heteroatoms. The van der Waals surface area contributed by atoms with Gasteiger partial charge >= 0.3 is 0 Å². The fourth-order valence-electron chi connectivity index (χ4n) is 2.34. The number of amides is 1. The van der Waals surface area contributed by atoms with Crippen LogP contribution in [-0.2, 0) is 21.2 Å². The van der Waals surface area contributed by atoms with Gasteiger partial charge in [0.15, 0.2) is 0 Å². The highest BCUT2D eigenvalue weighted by atomic mass is 35.5. The van der Waals surface area contributed by atoms with Crippen molar-refractivity contribution in [2.45, 2.75) is 11.3 Å². The lowest BCUT2D eigenvalue weighted by Gasteiger charge is -2.09. The average molecular weight is 402 g/mol. The molecule has 1 N–H and O–H groups in total. The summed E-state index contributed by atoms with van der Waals surface area (Å²) in [5.41, 5.74) is 0.665. The van der Waals surface area contributed by atoms with E-state index in [1.54, 1.807) is 36.4 Å². The molecule has 0 aliphatic rings. The number of ether oxygens (including phenoxy) is 1. The third kappa shape index (κ3) is 5.32. The largest absolute Gasteiger partial charge is 0.457 e. The monoisotopic (exact) mass is 401 g/mol. The molecule has 0 atom stereocenters. The van der Waals surface area contributed by atoms with Gasteiger partial charge in [-0.2, -0.15) is 0 Å². The van der Waals surface area contributed by atoms with Crippen molar-refractivity contribution in [3.8, 4) is 11.5 Å². The molecular weight excluding hydrogens is 386 g/mol. The van der Waals surface area contributed by atoms with E-state index in [1.165, 1.54) is 24.3 Å². The van der Waals surface area contributed by atoms with Gasteiger partial charge in [0.25, 0.3) is 10.0 Å². The molecule has 0 aliphatic heterocycles. The summed E-state index contributed by atoms with van der Waals surface area (Å²) < 4.78 is 32.4. The molecule has 27 heavy (non-hydrogen) atoms. The topological polar surface area (TPSA) is 72.5 Å². The maximum atomic E-state index is 12.4. The zero-order chi connectivity index (χ0) is 19.3. The van der Waals surface area contributed by atoms with Crippen molar-refractivity contribution >= 4 is 27.5 Å². The lowest BCUT2D eigenvalue weighted by Crippen LogP contribution is -2.31. The molecule has 138 valence electrons. The Morgan fingerprint density at radius 3 is 2.07 bits per heavy atom. The van der Waals surface area contributed by atoms with Crippen LogP contribution in [0.15, 0.2) is 83.8 Å². The molecule has 0 radical (unpaired) electrons. The van der Waals surface area contributed by atoms with E-state index in [2.05, 4.69) is 4.72 Å². The number of para-hydroxylation sites is 1. The van der Waals surface area contributed by atoms with Gasteiger partial charge in [-0.1, -0.05) is 41.9 Å². The lowest BCUT2D eigenvalue weighted by atomic mass is 10.1. The Labute approximate surface area is 162 Å². The van der Waals surface area contributed by atoms with Crippen LogP contribution in [0.3, 0.4) is 0 Å². The minimum atomic E-state index is -3.96. The summed E-state index contributed by atoms with van der Waals surface area (Å²) in [7, 11) is -3.96. The van der Waals surface area contributed by atoms with E-state index < -0.39 is 15.9 Å². The quantitative estimate of drug-likeness (QED) is 0.672. The molecule has 0 aromatic heterocycles. The predicted octanol–water partition coefficient (Wildman–Crippen LogP) is 4.18. The average Bonchev–Trinajstić information content (AvgIpc) is 2.64. The lowest BCUT2D eigenvalue weighted by molar-refractivity contribution is -0.118. The number of hydrogen-bond acceptors (Lipinski definition) is 4. The van der Waals surface area contributed by atoms with E-state index in [0.717, 1.165) is 0 Å². The van der Waals surface area contributed by atoms with Crippen LogP contribution in [-0.4, -0.2) is 14.3 Å². The summed E-state index contributed by atoms with van der Waals surface area (Å²) in [6, 6.07) is 21.6. The minimum Gasteiger partial charge on any atom is -0.457 e. The standard InChI is InChI=1S/C20H16ClNO4S/c21-16-8-6-15(7-9-16)14-20(23)22-27(24,25)19-12-10-18(11-13-19)26-17-4-2-1-3-5-17/h1-13H,14H2,(H,22,23). The second-order valence-corrected chi connectivity index (χ2v) is 7.84. The van der Waals surface area contributed by atoms with Gasteiger partial charge in [0.05, 0.1) is 11.3 Å². The predicted molar refractivity (Wildman–Crippen MR) is 103 cm³/mol. The molecule has 5 nitrogen and oxygen atoms in total. The highest BCUT2D eigenvalue weighted by molar-refractivity contribution is 7.90. The van der Waals surface area contributed by atoms with Gasteiger partial charge in [0, 0.05) is 5.02 Å². The molecule has 0 fully saturated rings. The SMILES string of the molecule is O=C(Cc1ccc(Cl)cc1)NS(=O)(=O)c1ccc(Oc2ccccc2)cc1. The first kappa shape index (κ1) is 18.9. The molecule has 3 rings (SSSR count). The van der Waals surface area contributed by atoms with Gasteiger partial charge in [-0.25, -0.2) is 13.1 Å². The number of benzene rings is 3. The van der Waals surface area contributed by atoms with E-state index in [9.17, 15) is 13.2 Å². The fourth-order valence-corrected chi connectivity index (χ4v) is 3.45. The first-order valence-electron chi connectivity index (χ1n) is 8.05. The minimum absolute atomic E-state index is 0.0210. The summed E-state index contributed by atoms with van der Waals surface area (Å²) in [5.74, 6) is 0.513. The van der Waals surface area contributed by atoms with E-state index in [4.69, 9.17) is 16.3 Å². The maximum Gasteiger partial charge on any atom is 0.264 e. The van der Waals surface area contributed by atoms with Crippen LogP contribution in [0.25, 0.3) is 0 Å². The van der Waals surface area contributed by atoms with E-state index in [-0.39, 0.29) is 11.3 Å². The zero-order valence-electron chi connectivity index (χ0n) is 14.1. The number of carbonyl (C=O) groups excluding carboxylic acids is 1. The first-order chi connectivity index (χ1) is 12.9. The zero-order valence-corrected chi connectivity index (χ0v) is 15.7. The Balaban J connectivity index is 1.65. The molecular formula is C20H16ClNO4S. The van der Waals surface area contributed by atoms with Gasteiger partial charge in [-0.3, -0.25) is 4.79 Å². The summed E-state index contributed by atoms with van der Waals surface area (Å²) in [6.45, 7) is 0. The third-order valence-corrected chi connectivity index (χ3v) is 5.28. The fraction of sp³-hybridized carbons (Fsp3) is 0.0500. The summed E-state index contributed by atoms with van der Waals surface area (Å²) in [5, 5.41) is 0.546. The van der Waals surface area contributed by atoms with Gasteiger partial charge in [-0.05, 0) is 54.1 Å². The summed E-state index contributed by atoms with van der Waals surface area (Å²) in [6.07, 6.45) is -0.0639. The van der Waals surface area contributed by atoms with Crippen LogP contribution >= 0.6 is 11.6 Å². The van der Waals surface area contributed by atoms with Gasteiger partial charge in [0.1, 0.15) is 11.5 Å². The highest BCUT2D eigenvalue weighted by Gasteiger charge is 2.18. The molecule has 3 aromatic rings. The van der Waals surface area contributed by atoms with Crippen molar-refractivity contribution in [2.24, 2.45) is 0 Å². The Morgan fingerprint density at radius 2 is 1.44 bits per heavy atom. The van der Waals surface area contributed by atoms with E-state index in [1.807, 2.05) is 18.2 Å². The number of rotatable bonds is 6. The van der Waals surface area contributed by atoms with Crippen molar-refractivity contribution in [2.75, 3.05) is 0 Å². The van der Waals surface area contributed by atoms with Crippen molar-refractivity contribution in [3.63, 3.8) is 0 Å². The Kier molecular flexibility index (Phi) is 5.78. The Bertz CT molecular complexity index is 1020. The number of carbonyl (C=O) groups is 1. The molecule has 0 spiro atoms. The summed E-state index contributed by atoms with van der Waals surface area (Å²) in [4.78, 5) is 12.0. The Morgan fingerprint density at radius 1 is 0.852 bits per heavy atom. The van der Waals surface area contributed by atoms with Gasteiger partial charge in [-0.15, -0.1) is 0 Å². The molecule has 0 saturated heterocycles. The number of halogens is 1. The van der Waals surface area contributed by atoms with Crippen LogP contribution in [0.5, 0.6) is 11.5 Å². The molecule has 0 saturated carbocycles. The number of hydrogen-bond donors (Lipinski definition) is 1. The van der Waals surface area contributed by atoms with Crippen LogP contribution in [0.1, 0.15) is 5.56 Å². The smallest absolute Gasteiger partial charge is 0.264 e. The molecule has 1 amide bonds. The molecule has 0 aliphatic carbocycles. The number of nitrogens with one attached hydrogen (secondary N) is 1. The molecule has 0 unspecified atom stereocenters. The van der Waals surface area contributed by atoms with Crippen molar-refractivity contribution in [3.05, 3.63) is 89.4 Å². The maximum absolute atomic E-state index is 12.4. The van der Waals surface area contributed by atoms with Crippen molar-refractivity contribution in [1.82, 2.24) is 4.72 Å². The third-order valence-electron chi connectivity index (χ3n) is 3.64. The van der Waals surface area contributed by atoms with Crippen LogP contribution in [0, 0.1) is 0 Å². The van der Waals surface area contributed by atoms with Gasteiger partial charge < -0.3 is 4.74 Å². The number of sulfonamides is 1. The van der Waals surface area contributed by atoms with Crippen LogP contribution in [0.4, 0.5) is 0 Å². The van der Waals surface area contributed by atoms with Crippen molar-refractivity contribution < 1.29 is 17.9 Å². The van der Waals surface area contributed by atoms with Crippen LogP contribution < -0.4 is 9.46 Å². The van der Waals surface area contributed by atoms with Gasteiger partial charge in [0.2, 0.25) is 5.91 Å².